The molecule has 0 spiro atoms. The van der Waals surface area contributed by atoms with Crippen molar-refractivity contribution in [1.82, 2.24) is 0 Å². The molecule has 2 rings (SSSR count). The molecule has 8 heteroatoms. The highest BCUT2D eigenvalue weighted by molar-refractivity contribution is 5.96. The van der Waals surface area contributed by atoms with Gasteiger partial charge in [-0.2, -0.15) is 13.2 Å². The van der Waals surface area contributed by atoms with Crippen LogP contribution >= 0.6 is 0 Å². The maximum atomic E-state index is 12.8. The predicted molar refractivity (Wildman–Crippen MR) is 82.7 cm³/mol. The Labute approximate surface area is 141 Å². The molecule has 0 unspecified atom stereocenters. The SMILES string of the molecule is O=C(COC(=O)c1ccc(CO)cc1)Nc1ccccc1C(F)(F)F. The highest BCUT2D eigenvalue weighted by atomic mass is 19.4. The molecule has 0 atom stereocenters. The maximum Gasteiger partial charge on any atom is 0.418 e. The number of para-hydroxylation sites is 1. The van der Waals surface area contributed by atoms with E-state index in [-0.39, 0.29) is 12.2 Å². The van der Waals surface area contributed by atoms with Crippen molar-refractivity contribution < 1.29 is 32.6 Å². The summed E-state index contributed by atoms with van der Waals surface area (Å²) in [5.74, 6) is -1.69. The molecule has 0 fully saturated rings. The van der Waals surface area contributed by atoms with E-state index in [1.807, 2.05) is 0 Å². The molecule has 5 nitrogen and oxygen atoms in total. The minimum atomic E-state index is -4.62. The summed E-state index contributed by atoms with van der Waals surface area (Å²) in [6, 6.07) is 10.3. The van der Waals surface area contributed by atoms with E-state index in [1.54, 1.807) is 0 Å². The van der Waals surface area contributed by atoms with Gasteiger partial charge in [-0.05, 0) is 29.8 Å². The summed E-state index contributed by atoms with van der Waals surface area (Å²) in [7, 11) is 0. The zero-order chi connectivity index (χ0) is 18.4. The molecular weight excluding hydrogens is 339 g/mol. The zero-order valence-corrected chi connectivity index (χ0v) is 12.8. The Morgan fingerprint density at radius 2 is 1.68 bits per heavy atom. The Bertz CT molecular complexity index is 757. The number of esters is 1. The summed E-state index contributed by atoms with van der Waals surface area (Å²) in [4.78, 5) is 23.5. The number of hydrogen-bond donors (Lipinski definition) is 2. The minimum absolute atomic E-state index is 0.153. The molecule has 0 saturated carbocycles. The zero-order valence-electron chi connectivity index (χ0n) is 12.8. The number of amides is 1. The lowest BCUT2D eigenvalue weighted by atomic mass is 10.1. The number of ether oxygens (including phenoxy) is 1. The number of hydrogen-bond acceptors (Lipinski definition) is 4. The topological polar surface area (TPSA) is 75.6 Å². The van der Waals surface area contributed by atoms with Gasteiger partial charge in [0.05, 0.1) is 23.4 Å². The van der Waals surface area contributed by atoms with E-state index in [1.165, 1.54) is 36.4 Å². The van der Waals surface area contributed by atoms with Crippen LogP contribution in [0.15, 0.2) is 48.5 Å². The number of carbonyl (C=O) groups excluding carboxylic acids is 2. The standard InChI is InChI=1S/C17H14F3NO4/c18-17(19,20)13-3-1-2-4-14(13)21-15(23)10-25-16(24)12-7-5-11(9-22)6-8-12/h1-8,22H,9-10H2,(H,21,23). The number of aliphatic hydroxyl groups excluding tert-OH is 1. The largest absolute Gasteiger partial charge is 0.452 e. The van der Waals surface area contributed by atoms with Crippen molar-refractivity contribution in [3.05, 3.63) is 65.2 Å². The Morgan fingerprint density at radius 3 is 2.28 bits per heavy atom. The van der Waals surface area contributed by atoms with Gasteiger partial charge in [-0.3, -0.25) is 4.79 Å². The molecule has 0 heterocycles. The van der Waals surface area contributed by atoms with Crippen molar-refractivity contribution in [2.75, 3.05) is 11.9 Å². The van der Waals surface area contributed by atoms with Gasteiger partial charge in [0.1, 0.15) is 0 Å². The molecule has 0 aliphatic heterocycles. The molecular formula is C17H14F3NO4. The number of alkyl halides is 3. The second-order valence-corrected chi connectivity index (χ2v) is 5.02. The first kappa shape index (κ1) is 18.5. The molecule has 25 heavy (non-hydrogen) atoms. The van der Waals surface area contributed by atoms with Gasteiger partial charge in [0.2, 0.25) is 0 Å². The lowest BCUT2D eigenvalue weighted by Crippen LogP contribution is -2.22. The number of carbonyl (C=O) groups is 2. The quantitative estimate of drug-likeness (QED) is 0.811. The average molecular weight is 353 g/mol. The summed E-state index contributed by atoms with van der Waals surface area (Å²) < 4.78 is 43.3. The van der Waals surface area contributed by atoms with Crippen molar-refractivity contribution >= 4 is 17.6 Å². The Kier molecular flexibility index (Phi) is 5.76. The van der Waals surface area contributed by atoms with E-state index in [0.29, 0.717) is 5.56 Å². The molecule has 0 radical (unpaired) electrons. The number of nitrogens with one attached hydrogen (secondary N) is 1. The van der Waals surface area contributed by atoms with E-state index in [9.17, 15) is 22.8 Å². The monoisotopic (exact) mass is 353 g/mol. The fraction of sp³-hybridized carbons (Fsp3) is 0.176. The smallest absolute Gasteiger partial charge is 0.418 e. The number of aliphatic hydroxyl groups is 1. The van der Waals surface area contributed by atoms with Crippen LogP contribution in [0.3, 0.4) is 0 Å². The van der Waals surface area contributed by atoms with Gasteiger partial charge in [0.15, 0.2) is 6.61 Å². The molecule has 0 aliphatic rings. The lowest BCUT2D eigenvalue weighted by molar-refractivity contribution is -0.137. The molecule has 1 amide bonds. The first-order valence-corrected chi connectivity index (χ1v) is 7.14. The highest BCUT2D eigenvalue weighted by Gasteiger charge is 2.33. The number of halogens is 3. The van der Waals surface area contributed by atoms with Crippen LogP contribution in [0.5, 0.6) is 0 Å². The van der Waals surface area contributed by atoms with Crippen LogP contribution in [-0.2, 0) is 22.3 Å². The fourth-order valence-corrected chi connectivity index (χ4v) is 1.99. The summed E-state index contributed by atoms with van der Waals surface area (Å²) in [6.45, 7) is -0.914. The van der Waals surface area contributed by atoms with E-state index in [2.05, 4.69) is 5.32 Å². The molecule has 2 N–H and O–H groups in total. The number of benzene rings is 2. The molecule has 2 aromatic carbocycles. The molecule has 0 bridgehead atoms. The Morgan fingerprint density at radius 1 is 1.04 bits per heavy atom. The normalized spacial score (nSPS) is 11.0. The summed E-state index contributed by atoms with van der Waals surface area (Å²) in [6.07, 6.45) is -4.62. The first-order chi connectivity index (χ1) is 11.8. The van der Waals surface area contributed by atoms with Crippen molar-refractivity contribution in [2.24, 2.45) is 0 Å². The van der Waals surface area contributed by atoms with Gasteiger partial charge in [0, 0.05) is 0 Å². The van der Waals surface area contributed by atoms with Crippen molar-refractivity contribution in [3.8, 4) is 0 Å². The molecule has 132 valence electrons. The third-order valence-electron chi connectivity index (χ3n) is 3.21. The average Bonchev–Trinajstić information content (AvgIpc) is 2.59. The van der Waals surface area contributed by atoms with Gasteiger partial charge in [-0.25, -0.2) is 4.79 Å². The van der Waals surface area contributed by atoms with Gasteiger partial charge in [-0.1, -0.05) is 24.3 Å². The van der Waals surface area contributed by atoms with Gasteiger partial charge in [-0.15, -0.1) is 0 Å². The summed E-state index contributed by atoms with van der Waals surface area (Å²) in [5.41, 5.74) is -0.656. The van der Waals surface area contributed by atoms with Crippen LogP contribution in [0.1, 0.15) is 21.5 Å². The van der Waals surface area contributed by atoms with Gasteiger partial charge < -0.3 is 15.2 Å². The third-order valence-corrected chi connectivity index (χ3v) is 3.21. The molecule has 0 aromatic heterocycles. The second-order valence-electron chi connectivity index (χ2n) is 5.02. The third kappa shape index (κ3) is 5.05. The molecule has 0 saturated heterocycles. The van der Waals surface area contributed by atoms with Gasteiger partial charge >= 0.3 is 12.1 Å². The molecule has 0 aliphatic carbocycles. The van der Waals surface area contributed by atoms with Crippen LogP contribution in [-0.4, -0.2) is 23.6 Å². The van der Waals surface area contributed by atoms with E-state index in [4.69, 9.17) is 9.84 Å². The van der Waals surface area contributed by atoms with Crippen LogP contribution in [0, 0.1) is 0 Å². The van der Waals surface area contributed by atoms with E-state index in [0.717, 1.165) is 12.1 Å². The maximum absolute atomic E-state index is 12.8. The van der Waals surface area contributed by atoms with Crippen LogP contribution in [0.25, 0.3) is 0 Å². The van der Waals surface area contributed by atoms with E-state index < -0.39 is 35.9 Å². The Balaban J connectivity index is 1.96. The minimum Gasteiger partial charge on any atom is -0.452 e. The van der Waals surface area contributed by atoms with Crippen molar-refractivity contribution in [2.45, 2.75) is 12.8 Å². The number of rotatable bonds is 5. The highest BCUT2D eigenvalue weighted by Crippen LogP contribution is 2.34. The van der Waals surface area contributed by atoms with Crippen LogP contribution in [0.2, 0.25) is 0 Å². The van der Waals surface area contributed by atoms with Crippen LogP contribution in [0.4, 0.5) is 18.9 Å². The Hall–Kier alpha value is -2.87. The molecule has 2 aromatic rings. The number of anilines is 1. The lowest BCUT2D eigenvalue weighted by Gasteiger charge is -2.13. The van der Waals surface area contributed by atoms with E-state index >= 15 is 0 Å². The second kappa shape index (κ2) is 7.80. The summed E-state index contributed by atoms with van der Waals surface area (Å²) in [5, 5.41) is 11.0. The van der Waals surface area contributed by atoms with Crippen LogP contribution < -0.4 is 5.32 Å². The van der Waals surface area contributed by atoms with Gasteiger partial charge in [0.25, 0.3) is 5.91 Å². The van der Waals surface area contributed by atoms with Crippen molar-refractivity contribution in [3.63, 3.8) is 0 Å². The van der Waals surface area contributed by atoms with Crippen molar-refractivity contribution in [1.29, 1.82) is 0 Å². The fourth-order valence-electron chi connectivity index (χ4n) is 1.99. The predicted octanol–water partition coefficient (Wildman–Crippen LogP) is 2.99. The first-order valence-electron chi connectivity index (χ1n) is 7.14. The summed E-state index contributed by atoms with van der Waals surface area (Å²) >= 11 is 0.